The number of halogens is 1. The quantitative estimate of drug-likeness (QED) is 0.915. The van der Waals surface area contributed by atoms with Crippen LogP contribution in [0.1, 0.15) is 24.3 Å². The first-order chi connectivity index (χ1) is 8.22. The van der Waals surface area contributed by atoms with Crippen LogP contribution in [0.4, 0.5) is 0 Å². The maximum Gasteiger partial charge on any atom is 0.0702 e. The molecule has 0 amide bonds. The molecule has 1 aliphatic rings. The number of nitrogens with two attached hydrogens (primary N) is 1. The second-order valence-electron chi connectivity index (χ2n) is 4.31. The van der Waals surface area contributed by atoms with Gasteiger partial charge >= 0.3 is 0 Å². The third-order valence-corrected chi connectivity index (χ3v) is 5.84. The van der Waals surface area contributed by atoms with E-state index in [1.165, 1.54) is 33.3 Å². The van der Waals surface area contributed by atoms with Crippen molar-refractivity contribution in [2.24, 2.45) is 5.73 Å². The molecule has 2 nitrogen and oxygen atoms in total. The molecular weight excluding hydrogens is 316 g/mol. The van der Waals surface area contributed by atoms with Crippen LogP contribution in [0.2, 0.25) is 0 Å². The van der Waals surface area contributed by atoms with E-state index in [1.54, 1.807) is 0 Å². The summed E-state index contributed by atoms with van der Waals surface area (Å²) in [7, 11) is 0. The zero-order valence-corrected chi connectivity index (χ0v) is 13.3. The molecule has 1 aromatic heterocycles. The van der Waals surface area contributed by atoms with Crippen LogP contribution in [0.25, 0.3) is 0 Å². The molecule has 2 rings (SSSR count). The Hall–Kier alpha value is 0.450. The molecule has 1 aromatic rings. The van der Waals surface area contributed by atoms with Gasteiger partial charge in [0.1, 0.15) is 0 Å². The zero-order chi connectivity index (χ0) is 12.3. The van der Waals surface area contributed by atoms with E-state index in [1.807, 2.05) is 23.1 Å². The summed E-state index contributed by atoms with van der Waals surface area (Å²) in [4.78, 5) is 3.96. The number of hydrogen-bond donors (Lipinski definition) is 1. The summed E-state index contributed by atoms with van der Waals surface area (Å²) in [5.41, 5.74) is 6.33. The van der Waals surface area contributed by atoms with E-state index >= 15 is 0 Å². The smallest absolute Gasteiger partial charge is 0.0702 e. The summed E-state index contributed by atoms with van der Waals surface area (Å²) in [6, 6.07) is 4.99. The van der Waals surface area contributed by atoms with Crippen LogP contribution in [0.15, 0.2) is 15.9 Å². The van der Waals surface area contributed by atoms with Crippen LogP contribution in [0.3, 0.4) is 0 Å². The molecule has 17 heavy (non-hydrogen) atoms. The molecule has 1 aliphatic heterocycles. The van der Waals surface area contributed by atoms with Gasteiger partial charge < -0.3 is 5.73 Å². The van der Waals surface area contributed by atoms with Crippen molar-refractivity contribution in [1.82, 2.24) is 4.90 Å². The lowest BCUT2D eigenvalue weighted by atomic mass is 10.0. The number of rotatable bonds is 4. The predicted octanol–water partition coefficient (Wildman–Crippen LogP) is 3.34. The van der Waals surface area contributed by atoms with Crippen molar-refractivity contribution in [1.29, 1.82) is 0 Å². The van der Waals surface area contributed by atoms with Crippen molar-refractivity contribution in [2.75, 3.05) is 24.6 Å². The highest BCUT2D eigenvalue weighted by Gasteiger charge is 2.28. The second-order valence-corrected chi connectivity index (χ2v) is 8.03. The fourth-order valence-corrected chi connectivity index (χ4v) is 4.79. The van der Waals surface area contributed by atoms with Crippen LogP contribution in [-0.2, 0) is 0 Å². The number of hydrogen-bond acceptors (Lipinski definition) is 4. The zero-order valence-electron chi connectivity index (χ0n) is 10.1. The molecular formula is C12H19BrN2S2. The average Bonchev–Trinajstić information content (AvgIpc) is 2.77. The number of thioether (sulfide) groups is 1. The summed E-state index contributed by atoms with van der Waals surface area (Å²) in [6.45, 7) is 4.51. The molecule has 0 bridgehead atoms. The van der Waals surface area contributed by atoms with Gasteiger partial charge in [-0.3, -0.25) is 4.90 Å². The van der Waals surface area contributed by atoms with Gasteiger partial charge in [0.25, 0.3) is 0 Å². The molecule has 2 unspecified atom stereocenters. The fraction of sp³-hybridized carbons (Fsp3) is 0.667. The molecule has 2 heterocycles. The minimum atomic E-state index is 0.239. The van der Waals surface area contributed by atoms with E-state index in [4.69, 9.17) is 5.73 Å². The Morgan fingerprint density at radius 2 is 2.12 bits per heavy atom. The summed E-state index contributed by atoms with van der Waals surface area (Å²) < 4.78 is 1.20. The Balaban J connectivity index is 2.17. The van der Waals surface area contributed by atoms with Crippen LogP contribution >= 0.6 is 39.0 Å². The lowest BCUT2D eigenvalue weighted by Gasteiger charge is -2.36. The van der Waals surface area contributed by atoms with Gasteiger partial charge in [0.15, 0.2) is 0 Å². The summed E-state index contributed by atoms with van der Waals surface area (Å²) in [6.07, 6.45) is 1.03. The summed E-state index contributed by atoms with van der Waals surface area (Å²) in [5.74, 6) is 2.47. The van der Waals surface area contributed by atoms with Crippen molar-refractivity contribution in [2.45, 2.75) is 25.4 Å². The van der Waals surface area contributed by atoms with Crippen molar-refractivity contribution in [3.8, 4) is 0 Å². The minimum Gasteiger partial charge on any atom is -0.326 e. The maximum atomic E-state index is 6.33. The van der Waals surface area contributed by atoms with Crippen LogP contribution in [0, 0.1) is 0 Å². The standard InChI is InChI=1S/C12H19BrN2S2/c1-2-9(14)12(10-3-4-11(13)17-10)15-5-7-16-8-6-15/h3-4,9,12H,2,5-8,14H2,1H3. The summed E-state index contributed by atoms with van der Waals surface area (Å²) >= 11 is 7.42. The first kappa shape index (κ1) is 13.9. The van der Waals surface area contributed by atoms with Crippen molar-refractivity contribution in [3.63, 3.8) is 0 Å². The molecule has 1 fully saturated rings. The molecule has 1 saturated heterocycles. The van der Waals surface area contributed by atoms with Gasteiger partial charge in [0.2, 0.25) is 0 Å². The monoisotopic (exact) mass is 334 g/mol. The van der Waals surface area contributed by atoms with Gasteiger partial charge in [-0.05, 0) is 34.5 Å². The molecule has 96 valence electrons. The Kier molecular flexibility index (Phi) is 5.36. The highest BCUT2D eigenvalue weighted by Crippen LogP contribution is 2.34. The third kappa shape index (κ3) is 3.47. The van der Waals surface area contributed by atoms with E-state index in [-0.39, 0.29) is 6.04 Å². The van der Waals surface area contributed by atoms with Crippen LogP contribution < -0.4 is 5.73 Å². The molecule has 0 saturated carbocycles. The van der Waals surface area contributed by atoms with E-state index in [9.17, 15) is 0 Å². The van der Waals surface area contributed by atoms with E-state index in [2.05, 4.69) is 39.9 Å². The number of nitrogens with zero attached hydrogens (tertiary/aromatic N) is 1. The maximum absolute atomic E-state index is 6.33. The largest absolute Gasteiger partial charge is 0.326 e. The van der Waals surface area contributed by atoms with Crippen LogP contribution in [-0.4, -0.2) is 35.5 Å². The van der Waals surface area contributed by atoms with Gasteiger partial charge in [-0.1, -0.05) is 6.92 Å². The Morgan fingerprint density at radius 1 is 1.41 bits per heavy atom. The lowest BCUT2D eigenvalue weighted by Crippen LogP contribution is -2.44. The molecule has 5 heteroatoms. The second kappa shape index (κ2) is 6.57. The van der Waals surface area contributed by atoms with Gasteiger partial charge in [0, 0.05) is 35.5 Å². The summed E-state index contributed by atoms with van der Waals surface area (Å²) in [5, 5.41) is 0. The molecule has 0 radical (unpaired) electrons. The molecule has 0 aromatic carbocycles. The van der Waals surface area contributed by atoms with Gasteiger partial charge in [0.05, 0.1) is 9.83 Å². The predicted molar refractivity (Wildman–Crippen MR) is 81.9 cm³/mol. The normalized spacial score (nSPS) is 21.4. The average molecular weight is 335 g/mol. The van der Waals surface area contributed by atoms with Gasteiger partial charge in [-0.25, -0.2) is 0 Å². The first-order valence-electron chi connectivity index (χ1n) is 6.05. The minimum absolute atomic E-state index is 0.239. The third-order valence-electron chi connectivity index (χ3n) is 3.20. The van der Waals surface area contributed by atoms with E-state index in [0.29, 0.717) is 6.04 Å². The highest BCUT2D eigenvalue weighted by molar-refractivity contribution is 9.11. The molecule has 0 aliphatic carbocycles. The van der Waals surface area contributed by atoms with Gasteiger partial charge in [-0.2, -0.15) is 11.8 Å². The number of thiophene rings is 1. The van der Waals surface area contributed by atoms with Crippen LogP contribution in [0.5, 0.6) is 0 Å². The highest BCUT2D eigenvalue weighted by atomic mass is 79.9. The Bertz CT molecular complexity index is 350. The molecule has 0 spiro atoms. The Morgan fingerprint density at radius 3 is 2.65 bits per heavy atom. The van der Waals surface area contributed by atoms with Crippen molar-refractivity contribution >= 4 is 39.0 Å². The van der Waals surface area contributed by atoms with E-state index < -0.39 is 0 Å². The first-order valence-corrected chi connectivity index (χ1v) is 8.81. The molecule has 2 atom stereocenters. The van der Waals surface area contributed by atoms with Crippen molar-refractivity contribution < 1.29 is 0 Å². The topological polar surface area (TPSA) is 29.3 Å². The lowest BCUT2D eigenvalue weighted by molar-refractivity contribution is 0.189. The van der Waals surface area contributed by atoms with Crippen molar-refractivity contribution in [3.05, 3.63) is 20.8 Å². The van der Waals surface area contributed by atoms with Gasteiger partial charge in [-0.15, -0.1) is 11.3 Å². The fourth-order valence-electron chi connectivity index (χ4n) is 2.23. The SMILES string of the molecule is CCC(N)C(c1ccc(Br)s1)N1CCSCC1. The van der Waals surface area contributed by atoms with E-state index in [0.717, 1.165) is 6.42 Å². The Labute approximate surface area is 120 Å². The molecule has 2 N–H and O–H groups in total.